The van der Waals surface area contributed by atoms with Crippen LogP contribution in [0.15, 0.2) is 0 Å². The fraction of sp³-hybridized carbons (Fsp3) is 0.889. The fourth-order valence-corrected chi connectivity index (χ4v) is 1.93. The zero-order valence-corrected chi connectivity index (χ0v) is 8.55. The second-order valence-corrected chi connectivity index (χ2v) is 4.39. The molecule has 0 aromatic carbocycles. The van der Waals surface area contributed by atoms with E-state index in [-0.39, 0.29) is 18.4 Å². The molecule has 0 bridgehead atoms. The molecule has 0 aliphatic carbocycles. The van der Waals surface area contributed by atoms with Crippen molar-refractivity contribution >= 4 is 5.91 Å². The Kier molecular flexibility index (Phi) is 2.62. The van der Waals surface area contributed by atoms with E-state index in [9.17, 15) is 23.1 Å². The molecule has 2 aliphatic heterocycles. The Morgan fingerprint density at radius 1 is 1.44 bits per heavy atom. The van der Waals surface area contributed by atoms with Gasteiger partial charge in [-0.15, -0.1) is 0 Å². The molecule has 7 heteroatoms. The van der Waals surface area contributed by atoms with Gasteiger partial charge in [0.15, 0.2) is 5.60 Å². The van der Waals surface area contributed by atoms with Crippen LogP contribution in [0.3, 0.4) is 0 Å². The summed E-state index contributed by atoms with van der Waals surface area (Å²) in [6.45, 7) is 0.372. The molecule has 2 saturated heterocycles. The molecular formula is C9H13F3N2O2. The van der Waals surface area contributed by atoms with Gasteiger partial charge in [-0.25, -0.2) is 0 Å². The summed E-state index contributed by atoms with van der Waals surface area (Å²) >= 11 is 0. The van der Waals surface area contributed by atoms with Crippen molar-refractivity contribution in [1.82, 2.24) is 10.2 Å². The summed E-state index contributed by atoms with van der Waals surface area (Å²) < 4.78 is 37.4. The number of nitrogens with one attached hydrogen (secondary N) is 1. The summed E-state index contributed by atoms with van der Waals surface area (Å²) in [6.07, 6.45) is -5.09. The lowest BCUT2D eigenvalue weighted by Gasteiger charge is -2.31. The van der Waals surface area contributed by atoms with Crippen molar-refractivity contribution in [2.75, 3.05) is 26.2 Å². The van der Waals surface area contributed by atoms with Gasteiger partial charge in [0.2, 0.25) is 5.91 Å². The highest BCUT2D eigenvalue weighted by molar-refractivity contribution is 5.80. The zero-order valence-electron chi connectivity index (χ0n) is 8.55. The van der Waals surface area contributed by atoms with Gasteiger partial charge in [-0.05, 0) is 0 Å². The lowest BCUT2D eigenvalue weighted by Crippen LogP contribution is -2.53. The van der Waals surface area contributed by atoms with Gasteiger partial charge in [-0.1, -0.05) is 0 Å². The average Bonchev–Trinajstić information content (AvgIpc) is 2.44. The number of hydrogen-bond donors (Lipinski definition) is 2. The van der Waals surface area contributed by atoms with Crippen molar-refractivity contribution in [2.45, 2.75) is 18.2 Å². The summed E-state index contributed by atoms with van der Waals surface area (Å²) in [5, 5.41) is 12.3. The van der Waals surface area contributed by atoms with E-state index in [2.05, 4.69) is 5.32 Å². The lowest BCUT2D eigenvalue weighted by molar-refractivity contribution is -0.253. The first-order valence-corrected chi connectivity index (χ1v) is 5.12. The predicted octanol–water partition coefficient (Wildman–Crippen LogP) is -0.268. The smallest absolute Gasteiger partial charge is 0.379 e. The molecule has 0 saturated carbocycles. The number of amides is 1. The van der Waals surface area contributed by atoms with Crippen molar-refractivity contribution in [3.63, 3.8) is 0 Å². The maximum absolute atomic E-state index is 12.5. The van der Waals surface area contributed by atoms with Crippen LogP contribution in [-0.4, -0.2) is 53.9 Å². The summed E-state index contributed by atoms with van der Waals surface area (Å²) in [5.74, 6) is -0.519. The molecule has 0 radical (unpaired) electrons. The minimum absolute atomic E-state index is 0.0225. The van der Waals surface area contributed by atoms with E-state index >= 15 is 0 Å². The number of nitrogens with zero attached hydrogens (tertiary/aromatic N) is 1. The summed E-state index contributed by atoms with van der Waals surface area (Å²) in [4.78, 5) is 12.8. The Morgan fingerprint density at radius 2 is 2.06 bits per heavy atom. The molecule has 2 N–H and O–H groups in total. The van der Waals surface area contributed by atoms with Gasteiger partial charge >= 0.3 is 6.18 Å². The fourth-order valence-electron chi connectivity index (χ4n) is 1.93. The topological polar surface area (TPSA) is 52.6 Å². The van der Waals surface area contributed by atoms with Crippen LogP contribution in [0.4, 0.5) is 13.2 Å². The van der Waals surface area contributed by atoms with Crippen molar-refractivity contribution in [1.29, 1.82) is 0 Å². The van der Waals surface area contributed by atoms with E-state index < -0.39 is 24.7 Å². The van der Waals surface area contributed by atoms with E-state index in [0.29, 0.717) is 13.1 Å². The first-order chi connectivity index (χ1) is 7.33. The van der Waals surface area contributed by atoms with Crippen LogP contribution in [0.2, 0.25) is 0 Å². The van der Waals surface area contributed by atoms with Crippen molar-refractivity contribution < 1.29 is 23.1 Å². The normalized spacial score (nSPS) is 31.6. The third kappa shape index (κ3) is 1.78. The molecular weight excluding hydrogens is 225 g/mol. The molecule has 1 amide bonds. The van der Waals surface area contributed by atoms with Crippen LogP contribution in [0.1, 0.15) is 6.42 Å². The van der Waals surface area contributed by atoms with Gasteiger partial charge in [0, 0.05) is 26.1 Å². The number of likely N-dealkylation sites (tertiary alicyclic amines) is 1. The maximum Gasteiger partial charge on any atom is 0.419 e. The third-order valence-electron chi connectivity index (χ3n) is 3.22. The van der Waals surface area contributed by atoms with Gasteiger partial charge in [0.1, 0.15) is 0 Å². The number of β-amino-alcohol motifs (C(OH)–C–C–N with tert-alkyl or cyclic N) is 1. The quantitative estimate of drug-likeness (QED) is 0.661. The first kappa shape index (κ1) is 11.7. The molecule has 2 fully saturated rings. The zero-order chi connectivity index (χ0) is 12.0. The number of rotatable bonds is 1. The van der Waals surface area contributed by atoms with Gasteiger partial charge < -0.3 is 15.3 Å². The number of halogens is 3. The van der Waals surface area contributed by atoms with Gasteiger partial charge in [0.25, 0.3) is 0 Å². The second-order valence-electron chi connectivity index (χ2n) is 4.39. The van der Waals surface area contributed by atoms with Gasteiger partial charge in [-0.2, -0.15) is 13.2 Å². The minimum atomic E-state index is -4.67. The SMILES string of the molecule is O=C(C1CNC1)N1CC[C@](O)(C(F)(F)F)C1. The van der Waals surface area contributed by atoms with Crippen LogP contribution in [0.5, 0.6) is 0 Å². The first-order valence-electron chi connectivity index (χ1n) is 5.12. The summed E-state index contributed by atoms with van der Waals surface area (Å²) in [6, 6.07) is 0. The molecule has 2 heterocycles. The van der Waals surface area contributed by atoms with E-state index in [4.69, 9.17) is 0 Å². The summed E-state index contributed by atoms with van der Waals surface area (Å²) in [7, 11) is 0. The van der Waals surface area contributed by atoms with E-state index in [1.54, 1.807) is 0 Å². The number of carbonyl (C=O) groups excluding carboxylic acids is 1. The van der Waals surface area contributed by atoms with Crippen LogP contribution in [0.25, 0.3) is 0 Å². The molecule has 1 atom stereocenters. The number of carbonyl (C=O) groups is 1. The van der Waals surface area contributed by atoms with Gasteiger partial charge in [0.05, 0.1) is 12.5 Å². The standard InChI is InChI=1S/C9H13F3N2O2/c10-9(11,12)8(16)1-2-14(5-8)7(15)6-3-13-4-6/h6,13,16H,1-5H2/t8-/m1/s1. The van der Waals surface area contributed by atoms with E-state index in [1.807, 2.05) is 0 Å². The van der Waals surface area contributed by atoms with E-state index in [0.717, 1.165) is 4.90 Å². The molecule has 2 aliphatic rings. The molecule has 0 unspecified atom stereocenters. The largest absolute Gasteiger partial charge is 0.419 e. The lowest BCUT2D eigenvalue weighted by atomic mass is 10.0. The Hall–Kier alpha value is -0.820. The second kappa shape index (κ2) is 3.59. The maximum atomic E-state index is 12.5. The number of alkyl halides is 3. The van der Waals surface area contributed by atoms with Gasteiger partial charge in [-0.3, -0.25) is 4.79 Å². The Morgan fingerprint density at radius 3 is 2.44 bits per heavy atom. The highest BCUT2D eigenvalue weighted by Gasteiger charge is 2.58. The molecule has 0 spiro atoms. The number of hydrogen-bond acceptors (Lipinski definition) is 3. The van der Waals surface area contributed by atoms with Crippen molar-refractivity contribution in [2.24, 2.45) is 5.92 Å². The molecule has 4 nitrogen and oxygen atoms in total. The molecule has 16 heavy (non-hydrogen) atoms. The van der Waals surface area contributed by atoms with Crippen LogP contribution in [-0.2, 0) is 4.79 Å². The van der Waals surface area contributed by atoms with E-state index in [1.165, 1.54) is 0 Å². The van der Waals surface area contributed by atoms with Crippen molar-refractivity contribution in [3.8, 4) is 0 Å². The Balaban J connectivity index is 1.99. The highest BCUT2D eigenvalue weighted by atomic mass is 19.4. The third-order valence-corrected chi connectivity index (χ3v) is 3.22. The predicted molar refractivity (Wildman–Crippen MR) is 48.6 cm³/mol. The minimum Gasteiger partial charge on any atom is -0.379 e. The average molecular weight is 238 g/mol. The molecule has 92 valence electrons. The van der Waals surface area contributed by atoms with Crippen LogP contribution in [0, 0.1) is 5.92 Å². The van der Waals surface area contributed by atoms with Crippen LogP contribution >= 0.6 is 0 Å². The molecule has 0 aromatic heterocycles. The Labute approximate surface area is 90.4 Å². The Bertz CT molecular complexity index is 304. The monoisotopic (exact) mass is 238 g/mol. The van der Waals surface area contributed by atoms with Crippen molar-refractivity contribution in [3.05, 3.63) is 0 Å². The molecule has 0 aromatic rings. The number of aliphatic hydroxyl groups is 1. The summed E-state index contributed by atoms with van der Waals surface area (Å²) in [5.41, 5.74) is -2.72. The highest BCUT2D eigenvalue weighted by Crippen LogP contribution is 2.38. The van der Waals surface area contributed by atoms with Crippen LogP contribution < -0.4 is 5.32 Å². The molecule has 2 rings (SSSR count).